The molecule has 0 saturated carbocycles. The van der Waals surface area contributed by atoms with E-state index in [1.54, 1.807) is 0 Å². The van der Waals surface area contributed by atoms with Crippen molar-refractivity contribution in [3.05, 3.63) is 23.3 Å². The summed E-state index contributed by atoms with van der Waals surface area (Å²) in [6.07, 6.45) is -4.66. The van der Waals surface area contributed by atoms with Gasteiger partial charge in [-0.2, -0.15) is 13.2 Å². The molecule has 1 unspecified atom stereocenters. The van der Waals surface area contributed by atoms with Gasteiger partial charge in [0.15, 0.2) is 11.5 Å². The SMILES string of the molecule is COc1cc(C(C)C(=O)O)cc(C(F)(F)F)c1OC. The van der Waals surface area contributed by atoms with Crippen LogP contribution in [-0.2, 0) is 11.0 Å². The molecule has 0 spiro atoms. The summed E-state index contributed by atoms with van der Waals surface area (Å²) in [5.74, 6) is -2.92. The molecule has 1 rings (SSSR count). The van der Waals surface area contributed by atoms with Gasteiger partial charge in [0.2, 0.25) is 0 Å². The summed E-state index contributed by atoms with van der Waals surface area (Å²) >= 11 is 0. The molecule has 0 aliphatic heterocycles. The van der Waals surface area contributed by atoms with Crippen LogP contribution in [0.1, 0.15) is 24.0 Å². The molecule has 0 aromatic heterocycles. The second-order valence-corrected chi connectivity index (χ2v) is 3.86. The minimum atomic E-state index is -4.66. The molecule has 1 N–H and O–H groups in total. The van der Waals surface area contributed by atoms with Crippen LogP contribution in [0.5, 0.6) is 11.5 Å². The van der Waals surface area contributed by atoms with Gasteiger partial charge in [-0.1, -0.05) is 0 Å². The summed E-state index contributed by atoms with van der Waals surface area (Å²) in [6.45, 7) is 1.30. The van der Waals surface area contributed by atoms with Gasteiger partial charge in [-0.3, -0.25) is 4.79 Å². The molecule has 1 atom stereocenters. The number of carboxylic acids is 1. The Hall–Kier alpha value is -1.92. The number of rotatable bonds is 4. The molecular formula is C12H13F3O4. The van der Waals surface area contributed by atoms with Gasteiger partial charge in [0.05, 0.1) is 20.1 Å². The number of methoxy groups -OCH3 is 2. The van der Waals surface area contributed by atoms with Crippen LogP contribution in [0, 0.1) is 0 Å². The average molecular weight is 278 g/mol. The molecule has 0 aliphatic carbocycles. The molecule has 0 aliphatic rings. The number of halogens is 3. The second kappa shape index (κ2) is 5.38. The predicted molar refractivity (Wildman–Crippen MR) is 60.6 cm³/mol. The van der Waals surface area contributed by atoms with E-state index in [1.165, 1.54) is 20.1 Å². The monoisotopic (exact) mass is 278 g/mol. The van der Waals surface area contributed by atoms with E-state index in [2.05, 4.69) is 0 Å². The van der Waals surface area contributed by atoms with Crippen LogP contribution < -0.4 is 9.47 Å². The van der Waals surface area contributed by atoms with E-state index in [1.807, 2.05) is 0 Å². The summed E-state index contributed by atoms with van der Waals surface area (Å²) in [6, 6.07) is 1.99. The lowest BCUT2D eigenvalue weighted by Crippen LogP contribution is -2.13. The van der Waals surface area contributed by atoms with Gasteiger partial charge in [0.1, 0.15) is 5.56 Å². The number of benzene rings is 1. The molecule has 19 heavy (non-hydrogen) atoms. The van der Waals surface area contributed by atoms with Gasteiger partial charge >= 0.3 is 12.1 Å². The molecule has 4 nitrogen and oxygen atoms in total. The first kappa shape index (κ1) is 15.1. The van der Waals surface area contributed by atoms with Crippen LogP contribution in [0.25, 0.3) is 0 Å². The van der Waals surface area contributed by atoms with E-state index >= 15 is 0 Å². The topological polar surface area (TPSA) is 55.8 Å². The number of ether oxygens (including phenoxy) is 2. The van der Waals surface area contributed by atoms with Crippen molar-refractivity contribution in [2.24, 2.45) is 0 Å². The first-order chi connectivity index (χ1) is 8.72. The van der Waals surface area contributed by atoms with Gasteiger partial charge in [0.25, 0.3) is 0 Å². The largest absolute Gasteiger partial charge is 0.493 e. The van der Waals surface area contributed by atoms with Crippen LogP contribution in [0.3, 0.4) is 0 Å². The van der Waals surface area contributed by atoms with E-state index in [9.17, 15) is 18.0 Å². The molecule has 1 aromatic rings. The molecular weight excluding hydrogens is 265 g/mol. The van der Waals surface area contributed by atoms with Gasteiger partial charge in [-0.05, 0) is 24.6 Å². The Balaban J connectivity index is 3.51. The fourth-order valence-corrected chi connectivity index (χ4v) is 1.59. The third kappa shape index (κ3) is 3.10. The summed E-state index contributed by atoms with van der Waals surface area (Å²) in [5, 5.41) is 8.87. The fourth-order valence-electron chi connectivity index (χ4n) is 1.59. The van der Waals surface area contributed by atoms with Gasteiger partial charge in [0, 0.05) is 0 Å². The van der Waals surface area contributed by atoms with Gasteiger partial charge < -0.3 is 14.6 Å². The zero-order valence-corrected chi connectivity index (χ0v) is 10.5. The molecule has 0 bridgehead atoms. The Bertz CT molecular complexity index is 483. The molecule has 0 saturated heterocycles. The number of alkyl halides is 3. The van der Waals surface area contributed by atoms with Gasteiger partial charge in [-0.15, -0.1) is 0 Å². The minimum absolute atomic E-state index is 0.00234. The molecule has 0 radical (unpaired) electrons. The molecule has 106 valence electrons. The van der Waals surface area contributed by atoms with Crippen molar-refractivity contribution in [2.75, 3.05) is 14.2 Å². The first-order valence-corrected chi connectivity index (χ1v) is 5.28. The summed E-state index contributed by atoms with van der Waals surface area (Å²) in [7, 11) is 2.28. The second-order valence-electron chi connectivity index (χ2n) is 3.86. The van der Waals surface area contributed by atoms with Crippen LogP contribution in [0.2, 0.25) is 0 Å². The summed E-state index contributed by atoms with van der Waals surface area (Å²) < 4.78 is 48.3. The van der Waals surface area contributed by atoms with E-state index in [4.69, 9.17) is 14.6 Å². The number of aliphatic carboxylic acids is 1. The normalized spacial score (nSPS) is 12.9. The molecule has 0 heterocycles. The number of hydrogen-bond donors (Lipinski definition) is 1. The number of hydrogen-bond acceptors (Lipinski definition) is 3. The van der Waals surface area contributed by atoms with Crippen molar-refractivity contribution in [2.45, 2.75) is 19.0 Å². The average Bonchev–Trinajstić information content (AvgIpc) is 2.34. The van der Waals surface area contributed by atoms with Gasteiger partial charge in [-0.25, -0.2) is 0 Å². The van der Waals surface area contributed by atoms with Crippen molar-refractivity contribution in [3.8, 4) is 11.5 Å². The van der Waals surface area contributed by atoms with E-state index in [0.717, 1.165) is 13.2 Å². The van der Waals surface area contributed by atoms with Crippen LogP contribution in [0.15, 0.2) is 12.1 Å². The third-order valence-electron chi connectivity index (χ3n) is 2.68. The van der Waals surface area contributed by atoms with Crippen LogP contribution in [0.4, 0.5) is 13.2 Å². The lowest BCUT2D eigenvalue weighted by Gasteiger charge is -2.18. The fraction of sp³-hybridized carbons (Fsp3) is 0.417. The smallest absolute Gasteiger partial charge is 0.420 e. The first-order valence-electron chi connectivity index (χ1n) is 5.28. The molecule has 0 fully saturated rings. The van der Waals surface area contributed by atoms with Crippen molar-refractivity contribution >= 4 is 5.97 Å². The van der Waals surface area contributed by atoms with Crippen molar-refractivity contribution in [1.82, 2.24) is 0 Å². The Morgan fingerprint density at radius 2 is 1.84 bits per heavy atom. The van der Waals surface area contributed by atoms with E-state index < -0.39 is 29.4 Å². The highest BCUT2D eigenvalue weighted by Crippen LogP contribution is 2.43. The highest BCUT2D eigenvalue weighted by molar-refractivity contribution is 5.76. The van der Waals surface area contributed by atoms with Crippen molar-refractivity contribution < 1.29 is 32.5 Å². The van der Waals surface area contributed by atoms with Crippen molar-refractivity contribution in [3.63, 3.8) is 0 Å². The van der Waals surface area contributed by atoms with Crippen LogP contribution in [-0.4, -0.2) is 25.3 Å². The zero-order valence-electron chi connectivity index (χ0n) is 10.5. The number of carbonyl (C=O) groups is 1. The van der Waals surface area contributed by atoms with E-state index in [-0.39, 0.29) is 11.3 Å². The standard InChI is InChI=1S/C12H13F3O4/c1-6(11(16)17)7-4-8(12(13,14)15)10(19-3)9(5-7)18-2/h4-6H,1-3H3,(H,16,17). The maximum atomic E-state index is 12.9. The summed E-state index contributed by atoms with van der Waals surface area (Å²) in [5.41, 5.74) is -1.06. The maximum absolute atomic E-state index is 12.9. The molecule has 0 amide bonds. The van der Waals surface area contributed by atoms with Crippen LogP contribution >= 0.6 is 0 Å². The Morgan fingerprint density at radius 3 is 2.21 bits per heavy atom. The Morgan fingerprint density at radius 1 is 1.26 bits per heavy atom. The maximum Gasteiger partial charge on any atom is 0.420 e. The highest BCUT2D eigenvalue weighted by Gasteiger charge is 2.37. The quantitative estimate of drug-likeness (QED) is 0.920. The highest BCUT2D eigenvalue weighted by atomic mass is 19.4. The minimum Gasteiger partial charge on any atom is -0.493 e. The Kier molecular flexibility index (Phi) is 4.28. The third-order valence-corrected chi connectivity index (χ3v) is 2.68. The molecule has 7 heteroatoms. The summed E-state index contributed by atoms with van der Waals surface area (Å²) in [4.78, 5) is 10.9. The Labute approximate surface area is 107 Å². The van der Waals surface area contributed by atoms with Crippen molar-refractivity contribution in [1.29, 1.82) is 0 Å². The predicted octanol–water partition coefficient (Wildman–Crippen LogP) is 2.91. The number of carboxylic acid groups (broad SMARTS) is 1. The molecule has 1 aromatic carbocycles. The lowest BCUT2D eigenvalue weighted by atomic mass is 9.97. The lowest BCUT2D eigenvalue weighted by molar-refractivity contribution is -0.140. The zero-order chi connectivity index (χ0) is 14.8. The van der Waals surface area contributed by atoms with E-state index in [0.29, 0.717) is 0 Å².